The van der Waals surface area contributed by atoms with E-state index in [1.165, 1.54) is 4.90 Å². The van der Waals surface area contributed by atoms with Crippen LogP contribution in [0.2, 0.25) is 5.02 Å². The summed E-state index contributed by atoms with van der Waals surface area (Å²) in [5.74, 6) is -0.337. The fraction of sp³-hybridized carbons (Fsp3) is 0.429. The van der Waals surface area contributed by atoms with Gasteiger partial charge in [-0.3, -0.25) is 9.59 Å². The first kappa shape index (κ1) is 20.4. The van der Waals surface area contributed by atoms with E-state index in [-0.39, 0.29) is 25.4 Å². The number of carboxylic acid groups (broad SMARTS) is 1. The van der Waals surface area contributed by atoms with Crippen molar-refractivity contribution in [1.29, 1.82) is 0 Å². The van der Waals surface area contributed by atoms with Crippen LogP contribution in [0.4, 0.5) is 0 Å². The predicted octanol–water partition coefficient (Wildman–Crippen LogP) is 3.99. The number of aliphatic hydroxyl groups excluding tert-OH is 1. The summed E-state index contributed by atoms with van der Waals surface area (Å²) in [7, 11) is 0. The second-order valence-electron chi connectivity index (χ2n) is 7.29. The van der Waals surface area contributed by atoms with Crippen LogP contribution in [0.3, 0.4) is 0 Å². The van der Waals surface area contributed by atoms with E-state index < -0.39 is 17.5 Å². The van der Waals surface area contributed by atoms with Gasteiger partial charge in [0.05, 0.1) is 22.1 Å². The molecule has 0 radical (unpaired) electrons. The van der Waals surface area contributed by atoms with Crippen molar-refractivity contribution in [3.63, 3.8) is 0 Å². The summed E-state index contributed by atoms with van der Waals surface area (Å²) in [6.07, 6.45) is 0.141. The van der Waals surface area contributed by atoms with Gasteiger partial charge in [-0.05, 0) is 38.0 Å². The summed E-state index contributed by atoms with van der Waals surface area (Å²) >= 11 is 6.21. The van der Waals surface area contributed by atoms with Gasteiger partial charge in [-0.1, -0.05) is 37.1 Å². The molecule has 7 heteroatoms. The smallest absolute Gasteiger partial charge is 0.312 e. The minimum atomic E-state index is -1.19. The Morgan fingerprint density at radius 3 is 2.68 bits per heavy atom. The highest BCUT2D eigenvalue weighted by molar-refractivity contribution is 6.33. The fourth-order valence-electron chi connectivity index (χ4n) is 3.91. The summed E-state index contributed by atoms with van der Waals surface area (Å²) in [5, 5.41) is 20.7. The van der Waals surface area contributed by atoms with Crippen LogP contribution in [0.15, 0.2) is 34.7 Å². The van der Waals surface area contributed by atoms with Gasteiger partial charge >= 0.3 is 5.97 Å². The number of benzene rings is 1. The summed E-state index contributed by atoms with van der Waals surface area (Å²) in [5.41, 5.74) is -0.113. The highest BCUT2D eigenvalue weighted by atomic mass is 35.5. The normalized spacial score (nSPS) is 22.3. The molecule has 1 aliphatic heterocycles. The zero-order chi connectivity index (χ0) is 20.5. The van der Waals surface area contributed by atoms with Crippen molar-refractivity contribution in [3.8, 4) is 11.3 Å². The van der Waals surface area contributed by atoms with Gasteiger partial charge in [0.25, 0.3) is 5.91 Å². The Morgan fingerprint density at radius 2 is 2.07 bits per heavy atom. The van der Waals surface area contributed by atoms with E-state index in [1.807, 2.05) is 25.1 Å². The number of nitrogens with zero attached hydrogens (tertiary/aromatic N) is 1. The van der Waals surface area contributed by atoms with E-state index in [9.17, 15) is 19.8 Å². The Morgan fingerprint density at radius 1 is 1.36 bits per heavy atom. The van der Waals surface area contributed by atoms with Crippen LogP contribution >= 0.6 is 11.6 Å². The molecule has 6 nitrogen and oxygen atoms in total. The van der Waals surface area contributed by atoms with E-state index in [4.69, 9.17) is 16.0 Å². The van der Waals surface area contributed by atoms with Crippen LogP contribution in [0.5, 0.6) is 0 Å². The molecule has 1 aromatic carbocycles. The standard InChI is InChI=1S/C21H24ClNO5/c1-3-8-21(20(26)27)9-10-23(12-18(21)24)19(25)15-11-17(28-13(15)2)14-6-4-5-7-16(14)22/h4-7,11,18,24H,3,8-10,12H2,1-2H3,(H,26,27)/t18-,21+/m1/s1. The van der Waals surface area contributed by atoms with Crippen molar-refractivity contribution in [2.75, 3.05) is 13.1 Å². The number of furan rings is 1. The van der Waals surface area contributed by atoms with Crippen molar-refractivity contribution in [2.24, 2.45) is 5.41 Å². The lowest BCUT2D eigenvalue weighted by Crippen LogP contribution is -2.56. The van der Waals surface area contributed by atoms with Crippen molar-refractivity contribution in [2.45, 2.75) is 39.2 Å². The van der Waals surface area contributed by atoms with Gasteiger partial charge in [-0.2, -0.15) is 0 Å². The number of piperidine rings is 1. The van der Waals surface area contributed by atoms with Gasteiger partial charge in [0.1, 0.15) is 11.5 Å². The quantitative estimate of drug-likeness (QED) is 0.784. The first-order chi connectivity index (χ1) is 13.3. The number of carboxylic acids is 1. The molecule has 2 atom stereocenters. The third kappa shape index (κ3) is 3.54. The number of β-amino-alcohol motifs (C(OH)–C–C–N with tert-alkyl or cyclic N) is 1. The summed E-state index contributed by atoms with van der Waals surface area (Å²) in [6.45, 7) is 3.85. The Kier molecular flexibility index (Phi) is 5.82. The van der Waals surface area contributed by atoms with Crippen LogP contribution in [0, 0.1) is 12.3 Å². The van der Waals surface area contributed by atoms with Gasteiger partial charge in [0, 0.05) is 18.7 Å². The second-order valence-corrected chi connectivity index (χ2v) is 7.70. The number of aliphatic hydroxyl groups is 1. The molecule has 1 aliphatic rings. The molecular formula is C21H24ClNO5. The molecule has 150 valence electrons. The van der Waals surface area contributed by atoms with Crippen molar-refractivity contribution in [1.82, 2.24) is 4.90 Å². The number of rotatable bonds is 5. The number of carbonyl (C=O) groups is 2. The molecule has 0 spiro atoms. The molecule has 2 N–H and O–H groups in total. The van der Waals surface area contributed by atoms with Crippen molar-refractivity contribution in [3.05, 3.63) is 46.7 Å². The zero-order valence-electron chi connectivity index (χ0n) is 15.9. The van der Waals surface area contributed by atoms with Crippen LogP contribution in [0.25, 0.3) is 11.3 Å². The minimum Gasteiger partial charge on any atom is -0.481 e. The molecule has 1 fully saturated rings. The molecule has 0 bridgehead atoms. The Bertz CT molecular complexity index is 893. The maximum atomic E-state index is 13.0. The van der Waals surface area contributed by atoms with E-state index >= 15 is 0 Å². The summed E-state index contributed by atoms with van der Waals surface area (Å²) in [4.78, 5) is 26.3. The highest BCUT2D eigenvalue weighted by Crippen LogP contribution is 2.38. The second kappa shape index (κ2) is 7.97. The molecule has 0 saturated carbocycles. The van der Waals surface area contributed by atoms with E-state index in [1.54, 1.807) is 19.1 Å². The number of likely N-dealkylation sites (tertiary alicyclic amines) is 1. The van der Waals surface area contributed by atoms with Crippen molar-refractivity contribution >= 4 is 23.5 Å². The van der Waals surface area contributed by atoms with Gasteiger partial charge in [-0.15, -0.1) is 0 Å². The topological polar surface area (TPSA) is 91.0 Å². The average molecular weight is 406 g/mol. The third-order valence-electron chi connectivity index (χ3n) is 5.56. The molecule has 1 aromatic heterocycles. The van der Waals surface area contributed by atoms with Gasteiger partial charge in [0.2, 0.25) is 0 Å². The number of amides is 1. The molecule has 3 rings (SSSR count). The number of aryl methyl sites for hydroxylation is 1. The largest absolute Gasteiger partial charge is 0.481 e. The summed E-state index contributed by atoms with van der Waals surface area (Å²) in [6, 6.07) is 8.85. The average Bonchev–Trinajstić information content (AvgIpc) is 3.04. The minimum absolute atomic E-state index is 0.0167. The highest BCUT2D eigenvalue weighted by Gasteiger charge is 2.48. The Hall–Kier alpha value is -2.31. The first-order valence-corrected chi connectivity index (χ1v) is 9.74. The lowest BCUT2D eigenvalue weighted by molar-refractivity contribution is -0.162. The van der Waals surface area contributed by atoms with E-state index in [0.717, 1.165) is 0 Å². The number of hydrogen-bond donors (Lipinski definition) is 2. The number of carbonyl (C=O) groups excluding carboxylic acids is 1. The molecule has 28 heavy (non-hydrogen) atoms. The third-order valence-corrected chi connectivity index (χ3v) is 5.89. The Balaban J connectivity index is 1.83. The summed E-state index contributed by atoms with van der Waals surface area (Å²) < 4.78 is 5.75. The first-order valence-electron chi connectivity index (χ1n) is 9.36. The van der Waals surface area contributed by atoms with E-state index in [2.05, 4.69) is 0 Å². The lowest BCUT2D eigenvalue weighted by Gasteiger charge is -2.42. The monoisotopic (exact) mass is 405 g/mol. The fourth-order valence-corrected chi connectivity index (χ4v) is 4.14. The van der Waals surface area contributed by atoms with Gasteiger partial charge in [0.15, 0.2) is 0 Å². The molecule has 1 saturated heterocycles. The van der Waals surface area contributed by atoms with Gasteiger partial charge in [-0.25, -0.2) is 0 Å². The SMILES string of the molecule is CCC[C@]1(C(=O)O)CCN(C(=O)c2cc(-c3ccccc3Cl)oc2C)C[C@H]1O. The maximum Gasteiger partial charge on any atom is 0.312 e. The molecule has 0 aliphatic carbocycles. The number of aliphatic carboxylic acids is 1. The maximum absolute atomic E-state index is 13.0. The molecule has 0 unspecified atom stereocenters. The molecule has 2 heterocycles. The van der Waals surface area contributed by atoms with Crippen molar-refractivity contribution < 1.29 is 24.2 Å². The zero-order valence-corrected chi connectivity index (χ0v) is 16.7. The molecule has 2 aromatic rings. The predicted molar refractivity (Wildman–Crippen MR) is 105 cm³/mol. The molecule has 1 amide bonds. The van der Waals surface area contributed by atoms with Crippen LogP contribution in [0.1, 0.15) is 42.3 Å². The van der Waals surface area contributed by atoms with E-state index in [0.29, 0.717) is 40.5 Å². The lowest BCUT2D eigenvalue weighted by atomic mass is 9.72. The number of halogens is 1. The van der Waals surface area contributed by atoms with Crippen LogP contribution < -0.4 is 0 Å². The van der Waals surface area contributed by atoms with Crippen LogP contribution in [-0.4, -0.2) is 46.2 Å². The number of hydrogen-bond acceptors (Lipinski definition) is 4. The Labute approximate surface area is 168 Å². The molecular weight excluding hydrogens is 382 g/mol. The van der Waals surface area contributed by atoms with Gasteiger partial charge < -0.3 is 19.5 Å². The van der Waals surface area contributed by atoms with Crippen LogP contribution in [-0.2, 0) is 4.79 Å².